The van der Waals surface area contributed by atoms with Crippen molar-refractivity contribution in [3.63, 3.8) is 0 Å². The number of carbonyl (C=O) groups excluding carboxylic acids is 1. The highest BCUT2D eigenvalue weighted by molar-refractivity contribution is 6.50. The zero-order valence-electron chi connectivity index (χ0n) is 14.8. The second-order valence-electron chi connectivity index (χ2n) is 5.65. The van der Waals surface area contributed by atoms with E-state index in [1.54, 1.807) is 35.2 Å². The van der Waals surface area contributed by atoms with Crippen molar-refractivity contribution in [2.75, 3.05) is 11.4 Å². The SMILES string of the molecule is CC(C)=CCN(C(=O)c1ccccc1)c1ccccc1[N+]#N.F[B-](F)(F)F. The molecule has 0 N–H and O–H groups in total. The Morgan fingerprint density at radius 2 is 1.56 bits per heavy atom. The topological polar surface area (TPSA) is 48.5 Å². The second kappa shape index (κ2) is 10.1. The van der Waals surface area contributed by atoms with Gasteiger partial charge in [-0.2, -0.15) is 0 Å². The average Bonchev–Trinajstić information content (AvgIpc) is 2.61. The predicted molar refractivity (Wildman–Crippen MR) is 98.9 cm³/mol. The van der Waals surface area contributed by atoms with Gasteiger partial charge in [-0.3, -0.25) is 9.69 Å². The summed E-state index contributed by atoms with van der Waals surface area (Å²) >= 11 is 0. The summed E-state index contributed by atoms with van der Waals surface area (Å²) in [4.78, 5) is 17.7. The molecule has 0 heterocycles. The fourth-order valence-corrected chi connectivity index (χ4v) is 2.08. The van der Waals surface area contributed by atoms with Gasteiger partial charge < -0.3 is 17.3 Å². The van der Waals surface area contributed by atoms with Crippen LogP contribution in [-0.2, 0) is 0 Å². The molecule has 0 saturated heterocycles. The molecule has 9 heteroatoms. The van der Waals surface area contributed by atoms with Crippen molar-refractivity contribution in [1.82, 2.24) is 0 Å². The molecule has 27 heavy (non-hydrogen) atoms. The summed E-state index contributed by atoms with van der Waals surface area (Å²) in [5.74, 6) is -0.130. The maximum absolute atomic E-state index is 12.8. The largest absolute Gasteiger partial charge is 0.673 e. The highest BCUT2D eigenvalue weighted by Crippen LogP contribution is 2.29. The van der Waals surface area contributed by atoms with E-state index in [2.05, 4.69) is 4.98 Å². The monoisotopic (exact) mass is 379 g/mol. The molecule has 0 aliphatic heterocycles. The first kappa shape index (κ1) is 21.9. The molecule has 2 aromatic rings. The number of diazo groups is 1. The van der Waals surface area contributed by atoms with E-state index in [-0.39, 0.29) is 5.91 Å². The van der Waals surface area contributed by atoms with Crippen LogP contribution in [0.5, 0.6) is 0 Å². The van der Waals surface area contributed by atoms with Gasteiger partial charge in [0.05, 0.1) is 0 Å². The number of benzene rings is 2. The van der Waals surface area contributed by atoms with E-state index in [0.717, 1.165) is 5.57 Å². The van der Waals surface area contributed by atoms with E-state index in [0.29, 0.717) is 23.5 Å². The number of hydrogen-bond acceptors (Lipinski definition) is 2. The molecular formula is C18H18BF4N3O. The van der Waals surface area contributed by atoms with Crippen molar-refractivity contribution in [3.05, 3.63) is 76.8 Å². The van der Waals surface area contributed by atoms with E-state index in [9.17, 15) is 22.1 Å². The van der Waals surface area contributed by atoms with Crippen LogP contribution in [0.2, 0.25) is 0 Å². The van der Waals surface area contributed by atoms with Gasteiger partial charge in [0, 0.05) is 18.2 Å². The Hall–Kier alpha value is -3.15. The minimum atomic E-state index is -6.00. The molecule has 0 unspecified atom stereocenters. The average molecular weight is 379 g/mol. The van der Waals surface area contributed by atoms with Gasteiger partial charge in [0.2, 0.25) is 5.39 Å². The number of halogens is 4. The van der Waals surface area contributed by atoms with Crippen molar-refractivity contribution in [1.29, 1.82) is 5.39 Å². The molecule has 0 saturated carbocycles. The first-order chi connectivity index (χ1) is 12.6. The normalized spacial score (nSPS) is 10.1. The number of rotatable bonds is 4. The Kier molecular flexibility index (Phi) is 8.20. The zero-order chi connectivity index (χ0) is 20.4. The van der Waals surface area contributed by atoms with Crippen LogP contribution in [0.3, 0.4) is 0 Å². The molecule has 142 valence electrons. The molecular weight excluding hydrogens is 361 g/mol. The van der Waals surface area contributed by atoms with Crippen LogP contribution >= 0.6 is 0 Å². The van der Waals surface area contributed by atoms with Gasteiger partial charge in [0.25, 0.3) is 5.91 Å². The Morgan fingerprint density at radius 1 is 1.04 bits per heavy atom. The Labute approximate surface area is 154 Å². The number of nitrogens with zero attached hydrogens (tertiary/aromatic N) is 3. The van der Waals surface area contributed by atoms with Crippen molar-refractivity contribution in [3.8, 4) is 0 Å². The summed E-state index contributed by atoms with van der Waals surface area (Å²) in [5, 5.41) is 9.17. The zero-order valence-corrected chi connectivity index (χ0v) is 14.8. The molecule has 0 bridgehead atoms. The molecule has 0 radical (unpaired) electrons. The number of hydrogen-bond donors (Lipinski definition) is 0. The Balaban J connectivity index is 0.000000646. The first-order valence-corrected chi connectivity index (χ1v) is 7.95. The molecule has 1 amide bonds. The standard InChI is InChI=1S/C18H18N3O.BF4/c1-14(2)12-13-21(17-11-7-6-10-16(17)20-19)18(22)15-8-4-3-5-9-15;2-1(3,4)5/h3-12H,13H2,1-2H3;/q+1;-1. The number of allylic oxidation sites excluding steroid dienone is 1. The molecule has 0 atom stereocenters. The van der Waals surface area contributed by atoms with Crippen LogP contribution in [0.4, 0.5) is 28.6 Å². The number of carbonyl (C=O) groups is 1. The van der Waals surface area contributed by atoms with Crippen LogP contribution in [0, 0.1) is 5.39 Å². The fourth-order valence-electron chi connectivity index (χ4n) is 2.08. The van der Waals surface area contributed by atoms with Crippen molar-refractivity contribution < 1.29 is 22.1 Å². The lowest BCUT2D eigenvalue weighted by Gasteiger charge is -2.20. The minimum absolute atomic E-state index is 0.130. The summed E-state index contributed by atoms with van der Waals surface area (Å²) in [6.07, 6.45) is 1.97. The van der Waals surface area contributed by atoms with Gasteiger partial charge in [-0.05, 0) is 32.0 Å². The van der Waals surface area contributed by atoms with E-state index in [1.807, 2.05) is 44.2 Å². The van der Waals surface area contributed by atoms with Gasteiger partial charge in [-0.1, -0.05) is 42.0 Å². The first-order valence-electron chi connectivity index (χ1n) is 7.95. The van der Waals surface area contributed by atoms with Crippen molar-refractivity contribution >= 4 is 24.5 Å². The van der Waals surface area contributed by atoms with Crippen LogP contribution in [0.15, 0.2) is 66.2 Å². The third-order valence-electron chi connectivity index (χ3n) is 3.23. The van der Waals surface area contributed by atoms with Crippen molar-refractivity contribution in [2.45, 2.75) is 13.8 Å². The summed E-state index contributed by atoms with van der Waals surface area (Å²) in [6, 6.07) is 16.1. The lowest BCUT2D eigenvalue weighted by molar-refractivity contribution is 0.0989. The highest BCUT2D eigenvalue weighted by atomic mass is 19.5. The molecule has 4 nitrogen and oxygen atoms in total. The van der Waals surface area contributed by atoms with Crippen LogP contribution in [0.1, 0.15) is 24.2 Å². The summed E-state index contributed by atoms with van der Waals surface area (Å²) in [6.45, 7) is 4.38. The van der Waals surface area contributed by atoms with Gasteiger partial charge >= 0.3 is 12.9 Å². The number of amides is 1. The summed E-state index contributed by atoms with van der Waals surface area (Å²) < 4.78 is 39.0. The van der Waals surface area contributed by atoms with Gasteiger partial charge in [0.1, 0.15) is 5.69 Å². The van der Waals surface area contributed by atoms with Crippen LogP contribution in [0.25, 0.3) is 4.98 Å². The number of anilines is 1. The predicted octanol–water partition coefficient (Wildman–Crippen LogP) is 6.08. The van der Waals surface area contributed by atoms with Gasteiger partial charge in [0.15, 0.2) is 4.98 Å². The quantitative estimate of drug-likeness (QED) is 0.280. The van der Waals surface area contributed by atoms with Gasteiger partial charge in [-0.15, -0.1) is 0 Å². The lowest BCUT2D eigenvalue weighted by atomic mass is 10.1. The molecule has 0 aromatic heterocycles. The van der Waals surface area contributed by atoms with Crippen molar-refractivity contribution in [2.24, 2.45) is 0 Å². The van der Waals surface area contributed by atoms with E-state index in [1.165, 1.54) is 0 Å². The van der Waals surface area contributed by atoms with Crippen LogP contribution in [-0.4, -0.2) is 19.7 Å². The third kappa shape index (κ3) is 8.18. The van der Waals surface area contributed by atoms with Crippen LogP contribution < -0.4 is 4.90 Å². The fraction of sp³-hybridized carbons (Fsp3) is 0.167. The lowest BCUT2D eigenvalue weighted by Crippen LogP contribution is -2.31. The Morgan fingerprint density at radius 3 is 2.07 bits per heavy atom. The highest BCUT2D eigenvalue weighted by Gasteiger charge is 2.24. The van der Waals surface area contributed by atoms with E-state index in [4.69, 9.17) is 5.39 Å². The summed E-state index contributed by atoms with van der Waals surface area (Å²) in [5.41, 5.74) is 2.66. The van der Waals surface area contributed by atoms with Gasteiger partial charge in [-0.25, -0.2) is 0 Å². The molecule has 2 rings (SSSR count). The second-order valence-corrected chi connectivity index (χ2v) is 5.65. The molecule has 2 aromatic carbocycles. The molecule has 0 aliphatic carbocycles. The summed E-state index contributed by atoms with van der Waals surface area (Å²) in [7, 11) is -6.00. The minimum Gasteiger partial charge on any atom is -0.418 e. The molecule has 0 spiro atoms. The Bertz CT molecular complexity index is 822. The number of para-hydroxylation sites is 1. The third-order valence-corrected chi connectivity index (χ3v) is 3.23. The van der Waals surface area contributed by atoms with E-state index >= 15 is 0 Å². The maximum Gasteiger partial charge on any atom is 0.673 e. The smallest absolute Gasteiger partial charge is 0.418 e. The van der Waals surface area contributed by atoms with E-state index < -0.39 is 7.25 Å². The maximum atomic E-state index is 12.8. The molecule has 0 aliphatic rings. The molecule has 0 fully saturated rings.